The van der Waals surface area contributed by atoms with Gasteiger partial charge in [-0.15, -0.1) is 11.8 Å². The predicted octanol–water partition coefficient (Wildman–Crippen LogP) is 3.47. The molecule has 0 aromatic heterocycles. The summed E-state index contributed by atoms with van der Waals surface area (Å²) in [6, 6.07) is 7.56. The van der Waals surface area contributed by atoms with E-state index in [4.69, 9.17) is 4.74 Å². The number of amides is 1. The highest BCUT2D eigenvalue weighted by Gasteiger charge is 2.19. The number of hydrogen-bond acceptors (Lipinski definition) is 4. The van der Waals surface area contributed by atoms with Gasteiger partial charge in [-0.05, 0) is 37.1 Å². The van der Waals surface area contributed by atoms with Gasteiger partial charge in [0.2, 0.25) is 0 Å². The van der Waals surface area contributed by atoms with E-state index in [1.165, 1.54) is 12.8 Å². The van der Waals surface area contributed by atoms with Gasteiger partial charge in [-0.2, -0.15) is 0 Å². The highest BCUT2D eigenvalue weighted by atomic mass is 32.2. The first-order valence-electron chi connectivity index (χ1n) is 7.27. The number of anilines is 1. The van der Waals surface area contributed by atoms with E-state index in [-0.39, 0.29) is 18.5 Å². The van der Waals surface area contributed by atoms with Crippen molar-refractivity contribution in [3.8, 4) is 0 Å². The lowest BCUT2D eigenvalue weighted by Crippen LogP contribution is -2.22. The van der Waals surface area contributed by atoms with E-state index >= 15 is 0 Å². The fraction of sp³-hybridized carbons (Fsp3) is 0.500. The van der Waals surface area contributed by atoms with Gasteiger partial charge < -0.3 is 10.1 Å². The van der Waals surface area contributed by atoms with E-state index in [9.17, 15) is 9.59 Å². The summed E-state index contributed by atoms with van der Waals surface area (Å²) in [5.41, 5.74) is 0.752. The lowest BCUT2D eigenvalue weighted by atomic mass is 10.1. The number of benzene rings is 1. The first kappa shape index (κ1) is 15.9. The van der Waals surface area contributed by atoms with E-state index in [2.05, 4.69) is 5.32 Å². The Kier molecular flexibility index (Phi) is 6.11. The third-order valence-corrected chi connectivity index (χ3v) is 4.47. The van der Waals surface area contributed by atoms with Gasteiger partial charge in [-0.25, -0.2) is 0 Å². The van der Waals surface area contributed by atoms with Gasteiger partial charge >= 0.3 is 5.97 Å². The van der Waals surface area contributed by atoms with Crippen molar-refractivity contribution in [2.24, 2.45) is 5.92 Å². The van der Waals surface area contributed by atoms with E-state index in [0.29, 0.717) is 12.3 Å². The van der Waals surface area contributed by atoms with Crippen molar-refractivity contribution < 1.29 is 14.3 Å². The number of carbonyl (C=O) groups is 2. The summed E-state index contributed by atoms with van der Waals surface area (Å²) < 4.78 is 5.05. The van der Waals surface area contributed by atoms with Crippen molar-refractivity contribution in [1.29, 1.82) is 0 Å². The topological polar surface area (TPSA) is 55.4 Å². The molecule has 1 fully saturated rings. The smallest absolute Gasteiger partial charge is 0.306 e. The van der Waals surface area contributed by atoms with Gasteiger partial charge in [-0.3, -0.25) is 9.59 Å². The number of para-hydroxylation sites is 1. The molecule has 1 saturated carbocycles. The molecular weight excluding hydrogens is 286 g/mol. The minimum atomic E-state index is -0.295. The molecule has 1 aliphatic rings. The van der Waals surface area contributed by atoms with Crippen LogP contribution in [0.25, 0.3) is 0 Å². The molecule has 0 atom stereocenters. The van der Waals surface area contributed by atoms with Crippen LogP contribution in [0, 0.1) is 5.92 Å². The maximum atomic E-state index is 11.8. The molecule has 0 aliphatic heterocycles. The largest absolute Gasteiger partial charge is 0.456 e. The van der Waals surface area contributed by atoms with Crippen molar-refractivity contribution in [3.05, 3.63) is 24.3 Å². The molecule has 1 N–H and O–H groups in total. The summed E-state index contributed by atoms with van der Waals surface area (Å²) in [5, 5.41) is 2.77. The monoisotopic (exact) mass is 307 g/mol. The van der Waals surface area contributed by atoms with E-state index in [1.54, 1.807) is 11.8 Å². The van der Waals surface area contributed by atoms with Gasteiger partial charge in [0.05, 0.1) is 5.69 Å². The Morgan fingerprint density at radius 2 is 2.00 bits per heavy atom. The molecule has 0 radical (unpaired) electrons. The number of carbonyl (C=O) groups excluding carboxylic acids is 2. The molecule has 1 aromatic rings. The third-order valence-electron chi connectivity index (χ3n) is 3.68. The SMILES string of the molecule is CSc1ccccc1NC(=O)COC(=O)CC1CCCC1. The highest BCUT2D eigenvalue weighted by Crippen LogP contribution is 2.27. The molecule has 0 spiro atoms. The second-order valence-electron chi connectivity index (χ2n) is 5.26. The van der Waals surface area contributed by atoms with Gasteiger partial charge in [0, 0.05) is 11.3 Å². The molecule has 1 aromatic carbocycles. The number of hydrogen-bond donors (Lipinski definition) is 1. The second kappa shape index (κ2) is 8.08. The molecule has 114 valence electrons. The molecule has 0 heterocycles. The number of ether oxygens (including phenoxy) is 1. The van der Waals surface area contributed by atoms with Crippen LogP contribution in [0.15, 0.2) is 29.2 Å². The summed E-state index contributed by atoms with van der Waals surface area (Å²) in [4.78, 5) is 24.5. The fourth-order valence-corrected chi connectivity index (χ4v) is 3.14. The molecule has 1 aliphatic carbocycles. The normalized spacial score (nSPS) is 14.9. The van der Waals surface area contributed by atoms with Crippen LogP contribution in [-0.4, -0.2) is 24.7 Å². The first-order valence-corrected chi connectivity index (χ1v) is 8.50. The predicted molar refractivity (Wildman–Crippen MR) is 84.4 cm³/mol. The van der Waals surface area contributed by atoms with Gasteiger partial charge in [0.25, 0.3) is 5.91 Å². The van der Waals surface area contributed by atoms with Crippen LogP contribution in [-0.2, 0) is 14.3 Å². The van der Waals surface area contributed by atoms with Crippen LogP contribution in [0.2, 0.25) is 0 Å². The number of esters is 1. The van der Waals surface area contributed by atoms with Gasteiger partial charge in [-0.1, -0.05) is 25.0 Å². The Balaban J connectivity index is 1.75. The number of thioether (sulfide) groups is 1. The Hall–Kier alpha value is -1.49. The van der Waals surface area contributed by atoms with Crippen molar-refractivity contribution in [2.75, 3.05) is 18.2 Å². The number of rotatable bonds is 6. The fourth-order valence-electron chi connectivity index (χ4n) is 2.59. The molecule has 0 unspecified atom stereocenters. The Morgan fingerprint density at radius 1 is 1.29 bits per heavy atom. The van der Waals surface area contributed by atoms with Crippen LogP contribution in [0.4, 0.5) is 5.69 Å². The molecular formula is C16H21NO3S. The van der Waals surface area contributed by atoms with Gasteiger partial charge in [0.15, 0.2) is 6.61 Å². The molecule has 0 bridgehead atoms. The standard InChI is InChI=1S/C16H21NO3S/c1-21-14-9-5-4-8-13(14)17-15(18)11-20-16(19)10-12-6-2-3-7-12/h4-5,8-9,12H,2-3,6-7,10-11H2,1H3,(H,17,18). The highest BCUT2D eigenvalue weighted by molar-refractivity contribution is 7.98. The summed E-state index contributed by atoms with van der Waals surface area (Å²) in [6.07, 6.45) is 6.99. The van der Waals surface area contributed by atoms with Crippen molar-refractivity contribution in [3.63, 3.8) is 0 Å². The zero-order valence-electron chi connectivity index (χ0n) is 12.3. The molecule has 1 amide bonds. The average molecular weight is 307 g/mol. The molecule has 4 nitrogen and oxygen atoms in total. The quantitative estimate of drug-likeness (QED) is 0.646. The maximum Gasteiger partial charge on any atom is 0.306 e. The number of nitrogens with one attached hydrogen (secondary N) is 1. The average Bonchev–Trinajstić information content (AvgIpc) is 2.98. The summed E-state index contributed by atoms with van der Waals surface area (Å²) >= 11 is 1.56. The lowest BCUT2D eigenvalue weighted by Gasteiger charge is -2.11. The Morgan fingerprint density at radius 3 is 2.71 bits per heavy atom. The Bertz CT molecular complexity index is 498. The van der Waals surface area contributed by atoms with Crippen LogP contribution in [0.1, 0.15) is 32.1 Å². The molecule has 2 rings (SSSR count). The third kappa shape index (κ3) is 5.08. The summed E-state index contributed by atoms with van der Waals surface area (Å²) in [7, 11) is 0. The second-order valence-corrected chi connectivity index (χ2v) is 6.11. The zero-order valence-corrected chi connectivity index (χ0v) is 13.1. The van der Waals surface area contributed by atoms with Crippen molar-refractivity contribution in [1.82, 2.24) is 0 Å². The first-order chi connectivity index (χ1) is 10.2. The van der Waals surface area contributed by atoms with Crippen molar-refractivity contribution in [2.45, 2.75) is 37.0 Å². The van der Waals surface area contributed by atoms with Crippen molar-refractivity contribution >= 4 is 29.3 Å². The minimum absolute atomic E-state index is 0.214. The Labute approximate surface area is 129 Å². The lowest BCUT2D eigenvalue weighted by molar-refractivity contribution is -0.148. The molecule has 5 heteroatoms. The molecule has 0 saturated heterocycles. The van der Waals surface area contributed by atoms with E-state index in [1.807, 2.05) is 30.5 Å². The van der Waals surface area contributed by atoms with Gasteiger partial charge in [0.1, 0.15) is 0 Å². The van der Waals surface area contributed by atoms with E-state index < -0.39 is 0 Å². The molecule has 21 heavy (non-hydrogen) atoms. The van der Waals surface area contributed by atoms with E-state index in [0.717, 1.165) is 23.4 Å². The van der Waals surface area contributed by atoms with Crippen LogP contribution in [0.5, 0.6) is 0 Å². The zero-order chi connectivity index (χ0) is 15.1. The minimum Gasteiger partial charge on any atom is -0.456 e. The summed E-state index contributed by atoms with van der Waals surface area (Å²) in [6.45, 7) is -0.214. The summed E-state index contributed by atoms with van der Waals surface area (Å²) in [5.74, 6) is -0.121. The van der Waals surface area contributed by atoms with Crippen LogP contribution >= 0.6 is 11.8 Å². The van der Waals surface area contributed by atoms with Crippen LogP contribution < -0.4 is 5.32 Å². The van der Waals surface area contributed by atoms with Crippen LogP contribution in [0.3, 0.4) is 0 Å². The maximum absolute atomic E-state index is 11.8.